The molecule has 3 atom stereocenters. The maximum atomic E-state index is 13.6. The van der Waals surface area contributed by atoms with E-state index in [-0.39, 0.29) is 17.5 Å². The molecule has 6 heterocycles. The normalized spacial score (nSPS) is 16.6. The largest absolute Gasteiger partial charge is 0.411 e. The van der Waals surface area contributed by atoms with Crippen LogP contribution >= 0.6 is 9.24 Å². The summed E-state index contributed by atoms with van der Waals surface area (Å²) in [5.74, 6) is -0.283. The number of aromatic amines is 1. The number of pyridine rings is 1. The molecule has 0 radical (unpaired) electrons. The Hall–Kier alpha value is -3.92. The van der Waals surface area contributed by atoms with E-state index in [4.69, 9.17) is 9.52 Å². The number of H-pyrrole nitrogens is 1. The number of halogens is 1. The maximum absolute atomic E-state index is 13.6. The summed E-state index contributed by atoms with van der Waals surface area (Å²) < 4.78 is 22.1. The molecule has 1 aliphatic heterocycles. The lowest BCUT2D eigenvalue weighted by atomic mass is 9.98. The molecule has 5 aromatic rings. The zero-order chi connectivity index (χ0) is 25.0. The molecule has 0 aliphatic carbocycles. The van der Waals surface area contributed by atoms with Crippen LogP contribution < -0.4 is 0 Å². The Morgan fingerprint density at radius 3 is 2.89 bits per heavy atom. The van der Waals surface area contributed by atoms with Crippen molar-refractivity contribution < 1.29 is 13.6 Å². The highest BCUT2D eigenvalue weighted by atomic mass is 31.0. The van der Waals surface area contributed by atoms with Gasteiger partial charge in [0.2, 0.25) is 6.04 Å². The van der Waals surface area contributed by atoms with Crippen LogP contribution in [0.1, 0.15) is 65.2 Å². The number of alkyl halides is 1. The van der Waals surface area contributed by atoms with Crippen molar-refractivity contribution in [1.82, 2.24) is 44.5 Å². The summed E-state index contributed by atoms with van der Waals surface area (Å²) in [5.41, 5.74) is 4.80. The van der Waals surface area contributed by atoms with Crippen LogP contribution in [0.25, 0.3) is 17.1 Å². The molecule has 0 fully saturated rings. The van der Waals surface area contributed by atoms with Gasteiger partial charge in [0.1, 0.15) is 11.7 Å². The Kier molecular flexibility index (Phi) is 5.40. The summed E-state index contributed by atoms with van der Waals surface area (Å²) in [6.45, 7) is 4.67. The molecule has 6 rings (SSSR count). The van der Waals surface area contributed by atoms with Crippen LogP contribution in [-0.4, -0.2) is 56.9 Å². The number of hydrogen-bond acceptors (Lipinski definition) is 7. The van der Waals surface area contributed by atoms with Crippen molar-refractivity contribution >= 4 is 20.7 Å². The van der Waals surface area contributed by atoms with E-state index in [1.165, 1.54) is 6.20 Å². The number of nitrogens with one attached hydrogen (secondary N) is 1. The van der Waals surface area contributed by atoms with Gasteiger partial charge in [0.05, 0.1) is 23.2 Å². The lowest BCUT2D eigenvalue weighted by molar-refractivity contribution is 0.0646. The van der Waals surface area contributed by atoms with Gasteiger partial charge in [0.15, 0.2) is 0 Å². The van der Waals surface area contributed by atoms with Crippen LogP contribution in [0.4, 0.5) is 4.39 Å². The second-order valence-electron chi connectivity index (χ2n) is 8.90. The highest BCUT2D eigenvalue weighted by Crippen LogP contribution is 2.35. The number of aromatic nitrogens is 8. The molecular formula is C23H23FN9O2P. The molecule has 36 heavy (non-hydrogen) atoms. The number of amides is 1. The summed E-state index contributed by atoms with van der Waals surface area (Å²) in [5, 5.41) is 16.8. The molecule has 2 unspecified atom stereocenters. The van der Waals surface area contributed by atoms with E-state index in [1.807, 2.05) is 32.1 Å². The average Bonchev–Trinajstić information content (AvgIpc) is 3.66. The number of carbonyl (C=O) groups is 1. The van der Waals surface area contributed by atoms with E-state index >= 15 is 0 Å². The van der Waals surface area contributed by atoms with E-state index in [2.05, 4.69) is 45.2 Å². The highest BCUT2D eigenvalue weighted by Gasteiger charge is 2.38. The van der Waals surface area contributed by atoms with Crippen molar-refractivity contribution in [2.75, 3.05) is 6.54 Å². The van der Waals surface area contributed by atoms with Crippen molar-refractivity contribution in [3.63, 3.8) is 0 Å². The molecule has 1 N–H and O–H groups in total. The topological polar surface area (TPSA) is 123 Å². The molecule has 5 aromatic heterocycles. The first-order valence-corrected chi connectivity index (χ1v) is 12.2. The Bertz CT molecular complexity index is 1570. The van der Waals surface area contributed by atoms with Gasteiger partial charge in [-0.25, -0.2) is 18.6 Å². The molecule has 0 saturated carbocycles. The van der Waals surface area contributed by atoms with Gasteiger partial charge in [-0.1, -0.05) is 29.2 Å². The fourth-order valence-electron chi connectivity index (χ4n) is 4.60. The lowest BCUT2D eigenvalue weighted by Gasteiger charge is -2.32. The van der Waals surface area contributed by atoms with Gasteiger partial charge < -0.3 is 14.3 Å². The number of rotatable bonds is 5. The Labute approximate surface area is 206 Å². The summed E-state index contributed by atoms with van der Waals surface area (Å²) in [4.78, 5) is 23.0. The van der Waals surface area contributed by atoms with E-state index < -0.39 is 18.0 Å². The quantitative estimate of drug-likeness (QED) is 0.361. The number of fused-ring (bicyclic) bond motifs is 2. The van der Waals surface area contributed by atoms with E-state index in [0.717, 1.165) is 27.1 Å². The smallest absolute Gasteiger partial charge is 0.312 e. The summed E-state index contributed by atoms with van der Waals surface area (Å²) >= 11 is 0. The minimum atomic E-state index is -1.39. The van der Waals surface area contributed by atoms with Crippen molar-refractivity contribution in [3.05, 3.63) is 71.5 Å². The molecular weight excluding hydrogens is 484 g/mol. The third kappa shape index (κ3) is 3.69. The third-order valence-electron chi connectivity index (χ3n) is 6.33. The van der Waals surface area contributed by atoms with Crippen molar-refractivity contribution in [3.8, 4) is 11.6 Å². The maximum Gasteiger partial charge on any atom is 0.312 e. The van der Waals surface area contributed by atoms with Crippen LogP contribution in [0.5, 0.6) is 0 Å². The van der Waals surface area contributed by atoms with Gasteiger partial charge in [-0.05, 0) is 29.7 Å². The van der Waals surface area contributed by atoms with E-state index in [1.54, 1.807) is 17.3 Å². The second-order valence-corrected chi connectivity index (χ2v) is 9.45. The monoisotopic (exact) mass is 507 g/mol. The standard InChI is InChI=1S/C23H23FN9O2P/c1-12(2)13-4-3-7-32-17(13)10-16(30-32)19-18-14(25-11-26-18)5-8-31(19)22(34)21-28-27-20(35-21)15-6-9-33(29-15)23(24)36/h3-4,6-7,9-12,19,23H,5,8,36H2,1-2H3,(H,25,26)/t19-,23?/m1/s1. The molecule has 13 heteroatoms. The first-order chi connectivity index (χ1) is 17.4. The minimum Gasteiger partial charge on any atom is -0.411 e. The summed E-state index contributed by atoms with van der Waals surface area (Å²) in [6.07, 6.45) is 5.57. The van der Waals surface area contributed by atoms with Crippen molar-refractivity contribution in [2.24, 2.45) is 0 Å². The minimum absolute atomic E-state index is 0.0334. The number of imidazole rings is 1. The summed E-state index contributed by atoms with van der Waals surface area (Å²) in [6, 6.07) is 5.67. The van der Waals surface area contributed by atoms with Gasteiger partial charge in [0, 0.05) is 31.1 Å². The molecule has 11 nitrogen and oxygen atoms in total. The first-order valence-electron chi connectivity index (χ1n) is 11.5. The first kappa shape index (κ1) is 22.5. The van der Waals surface area contributed by atoms with Crippen LogP contribution in [0.3, 0.4) is 0 Å². The molecule has 1 aliphatic rings. The third-order valence-corrected chi connectivity index (χ3v) is 6.64. The molecule has 184 valence electrons. The predicted molar refractivity (Wildman–Crippen MR) is 130 cm³/mol. The molecule has 0 spiro atoms. The Morgan fingerprint density at radius 2 is 2.11 bits per heavy atom. The van der Waals surface area contributed by atoms with Gasteiger partial charge >= 0.3 is 11.8 Å². The number of nitrogens with zero attached hydrogens (tertiary/aromatic N) is 8. The number of carbonyl (C=O) groups excluding carboxylic acids is 1. The average molecular weight is 507 g/mol. The van der Waals surface area contributed by atoms with E-state index in [0.29, 0.717) is 24.6 Å². The van der Waals surface area contributed by atoms with Gasteiger partial charge in [0.25, 0.3) is 5.89 Å². The zero-order valence-corrected chi connectivity index (χ0v) is 20.7. The lowest BCUT2D eigenvalue weighted by Crippen LogP contribution is -2.41. The van der Waals surface area contributed by atoms with Crippen molar-refractivity contribution in [1.29, 1.82) is 0 Å². The SMILES string of the molecule is CC(C)c1cccn2nc([C@@H]3c4nc[nH]c4CCN3C(=O)c3nnc(-c4ccn(C(F)P)n4)o3)cc12. The molecule has 0 bridgehead atoms. The van der Waals surface area contributed by atoms with Gasteiger partial charge in [-0.2, -0.15) is 10.2 Å². The highest BCUT2D eigenvalue weighted by molar-refractivity contribution is 7.16. The number of hydrogen-bond donors (Lipinski definition) is 1. The fraction of sp³-hybridized carbons (Fsp3) is 0.304. The van der Waals surface area contributed by atoms with Gasteiger partial charge in [-0.3, -0.25) is 4.79 Å². The second kappa shape index (κ2) is 8.63. The van der Waals surface area contributed by atoms with Crippen LogP contribution in [0.15, 0.2) is 47.4 Å². The Morgan fingerprint density at radius 1 is 1.25 bits per heavy atom. The Balaban J connectivity index is 1.38. The van der Waals surface area contributed by atoms with Crippen molar-refractivity contribution in [2.45, 2.75) is 38.3 Å². The summed E-state index contributed by atoms with van der Waals surface area (Å²) in [7, 11) is 2.00. The predicted octanol–water partition coefficient (Wildman–Crippen LogP) is 3.52. The fourth-order valence-corrected chi connectivity index (χ4v) is 4.76. The van der Waals surface area contributed by atoms with Crippen LogP contribution in [0, 0.1) is 0 Å². The van der Waals surface area contributed by atoms with Gasteiger partial charge in [-0.15, -0.1) is 10.2 Å². The molecule has 0 saturated heterocycles. The van der Waals surface area contributed by atoms with Crippen LogP contribution in [-0.2, 0) is 6.42 Å². The van der Waals surface area contributed by atoms with E-state index in [9.17, 15) is 9.18 Å². The zero-order valence-electron chi connectivity index (χ0n) is 19.5. The van der Waals surface area contributed by atoms with Crippen LogP contribution in [0.2, 0.25) is 0 Å². The molecule has 1 amide bonds. The molecule has 0 aromatic carbocycles.